The Bertz CT molecular complexity index is 59.5. The molecule has 1 fully saturated rings. The highest BCUT2D eigenvalue weighted by Crippen LogP contribution is 2.10. The monoisotopic (exact) mass is 128 g/mol. The van der Waals surface area contributed by atoms with Gasteiger partial charge in [0.25, 0.3) is 15.2 Å². The largest absolute Gasteiger partial charge is 0.394 e. The second kappa shape index (κ2) is 3.50. The first-order valence-corrected chi connectivity index (χ1v) is 5.78. The lowest BCUT2D eigenvalue weighted by molar-refractivity contribution is 0.0655. The Kier molecular flexibility index (Phi) is 2.90. The van der Waals surface area contributed by atoms with Gasteiger partial charge in [0.15, 0.2) is 0 Å². The molecule has 8 heavy (non-hydrogen) atoms. The summed E-state index contributed by atoms with van der Waals surface area (Å²) in [6.45, 7) is 1.03. The van der Waals surface area contributed by atoms with Crippen molar-refractivity contribution in [1.29, 1.82) is 0 Å². The van der Waals surface area contributed by atoms with Crippen LogP contribution < -0.4 is 0 Å². The summed E-state index contributed by atoms with van der Waals surface area (Å²) in [6.07, 6.45) is 4.05. The van der Waals surface area contributed by atoms with Crippen molar-refractivity contribution in [3.05, 3.63) is 0 Å². The fourth-order valence-electron chi connectivity index (χ4n) is 1.13. The maximum atomic E-state index is 5.49. The summed E-state index contributed by atoms with van der Waals surface area (Å²) >= 11 is 0.146. The SMILES string of the molecule is [CH3][AlH][CH]1CCCCO1. The van der Waals surface area contributed by atoms with Gasteiger partial charge in [-0.1, -0.05) is 0 Å². The fourth-order valence-corrected chi connectivity index (χ4v) is 2.23. The molecule has 0 aromatic heterocycles. The van der Waals surface area contributed by atoms with Crippen LogP contribution in [0, 0.1) is 0 Å². The minimum absolute atomic E-state index is 0.146. The van der Waals surface area contributed by atoms with Crippen molar-refractivity contribution >= 4 is 15.2 Å². The lowest BCUT2D eigenvalue weighted by Crippen LogP contribution is -2.23. The standard InChI is InChI=1S/C5H9O.CH3.Al.H/c1-2-4-6-5-3-1;;;/h4H,1-3,5H2;1H3;;. The van der Waals surface area contributed by atoms with Crippen LogP contribution in [0.2, 0.25) is 5.79 Å². The topological polar surface area (TPSA) is 9.23 Å². The van der Waals surface area contributed by atoms with Crippen molar-refractivity contribution < 1.29 is 4.74 Å². The molecule has 2 heteroatoms. The van der Waals surface area contributed by atoms with E-state index in [1.807, 2.05) is 0 Å². The Labute approximate surface area is 57.1 Å². The van der Waals surface area contributed by atoms with Gasteiger partial charge in [-0.25, -0.2) is 0 Å². The minimum Gasteiger partial charge on any atom is -0.394 e. The van der Waals surface area contributed by atoms with Gasteiger partial charge in [0.1, 0.15) is 0 Å². The normalized spacial score (nSPS) is 29.9. The van der Waals surface area contributed by atoms with E-state index in [-0.39, 0.29) is 15.2 Å². The third-order valence-corrected chi connectivity index (χ3v) is 3.28. The van der Waals surface area contributed by atoms with Gasteiger partial charge in [-0.05, 0) is 19.3 Å². The van der Waals surface area contributed by atoms with Gasteiger partial charge in [0.2, 0.25) is 0 Å². The van der Waals surface area contributed by atoms with E-state index in [1.165, 1.54) is 19.3 Å². The summed E-state index contributed by atoms with van der Waals surface area (Å²) in [5, 5.41) is 0. The van der Waals surface area contributed by atoms with E-state index in [1.54, 1.807) is 0 Å². The molecule has 1 nitrogen and oxygen atoms in total. The molecule has 0 aromatic carbocycles. The van der Waals surface area contributed by atoms with Gasteiger partial charge in [0.05, 0.1) is 0 Å². The second-order valence-corrected chi connectivity index (χ2v) is 4.12. The molecule has 1 atom stereocenters. The van der Waals surface area contributed by atoms with Gasteiger partial charge in [-0.15, -0.1) is 5.79 Å². The third-order valence-electron chi connectivity index (χ3n) is 1.73. The van der Waals surface area contributed by atoms with Gasteiger partial charge in [-0.2, -0.15) is 0 Å². The smallest absolute Gasteiger partial charge is 0.279 e. The van der Waals surface area contributed by atoms with Crippen molar-refractivity contribution in [3.8, 4) is 0 Å². The molecule has 1 aliphatic heterocycles. The molecule has 0 radical (unpaired) electrons. The minimum atomic E-state index is 0.146. The average molecular weight is 128 g/mol. The van der Waals surface area contributed by atoms with Crippen LogP contribution in [0.15, 0.2) is 0 Å². The number of rotatable bonds is 1. The van der Waals surface area contributed by atoms with Crippen LogP contribution in [-0.2, 0) is 4.74 Å². The van der Waals surface area contributed by atoms with Crippen LogP contribution in [0.1, 0.15) is 19.3 Å². The van der Waals surface area contributed by atoms with Crippen LogP contribution in [0.3, 0.4) is 0 Å². The van der Waals surface area contributed by atoms with E-state index >= 15 is 0 Å². The van der Waals surface area contributed by atoms with E-state index in [0.717, 1.165) is 11.6 Å². The fraction of sp³-hybridized carbons (Fsp3) is 1.00. The summed E-state index contributed by atoms with van der Waals surface area (Å²) in [6, 6.07) is 0. The van der Waals surface area contributed by atoms with E-state index in [9.17, 15) is 0 Å². The number of ether oxygens (including phenoxy) is 1. The van der Waals surface area contributed by atoms with Crippen molar-refractivity contribution in [3.63, 3.8) is 0 Å². The zero-order valence-electron chi connectivity index (χ0n) is 5.52. The molecule has 1 heterocycles. The molecule has 1 rings (SSSR count). The summed E-state index contributed by atoms with van der Waals surface area (Å²) in [5.74, 6) is 2.33. The van der Waals surface area contributed by atoms with Crippen LogP contribution in [-0.4, -0.2) is 26.8 Å². The highest BCUT2D eigenvalue weighted by Gasteiger charge is 2.11. The van der Waals surface area contributed by atoms with Crippen molar-refractivity contribution in [1.82, 2.24) is 0 Å². The first-order valence-electron chi connectivity index (χ1n) is 3.55. The molecular weight excluding hydrogens is 115 g/mol. The van der Waals surface area contributed by atoms with E-state index in [0.29, 0.717) is 0 Å². The second-order valence-electron chi connectivity index (χ2n) is 2.40. The zero-order valence-corrected chi connectivity index (χ0v) is 6.94. The Morgan fingerprint density at radius 2 is 2.38 bits per heavy atom. The summed E-state index contributed by atoms with van der Waals surface area (Å²) < 4.78 is 5.49. The Hall–Kier alpha value is 0.492. The Morgan fingerprint density at radius 3 is 2.75 bits per heavy atom. The Balaban J connectivity index is 2.13. The molecule has 0 aromatic rings. The van der Waals surface area contributed by atoms with Gasteiger partial charge >= 0.3 is 0 Å². The molecule has 0 saturated carbocycles. The molecule has 0 aliphatic carbocycles. The van der Waals surface area contributed by atoms with Gasteiger partial charge < -0.3 is 4.74 Å². The predicted molar refractivity (Wildman–Crippen MR) is 36.6 cm³/mol. The maximum Gasteiger partial charge on any atom is 0.279 e. The maximum absolute atomic E-state index is 5.49. The molecule has 0 spiro atoms. The van der Waals surface area contributed by atoms with Crippen molar-refractivity contribution in [2.75, 3.05) is 6.61 Å². The lowest BCUT2D eigenvalue weighted by Gasteiger charge is -2.20. The molecule has 46 valence electrons. The quantitative estimate of drug-likeness (QED) is 0.479. The molecule has 0 bridgehead atoms. The summed E-state index contributed by atoms with van der Waals surface area (Å²) in [5.41, 5.74) is 0. The predicted octanol–water partition coefficient (Wildman–Crippen LogP) is 0.998. The average Bonchev–Trinajstić information content (AvgIpc) is 1.90. The van der Waals surface area contributed by atoms with E-state index in [2.05, 4.69) is 5.79 Å². The third kappa shape index (κ3) is 1.78. The van der Waals surface area contributed by atoms with Crippen LogP contribution in [0.5, 0.6) is 0 Å². The van der Waals surface area contributed by atoms with Gasteiger partial charge in [0, 0.05) is 11.6 Å². The first kappa shape index (κ1) is 6.61. The van der Waals surface area contributed by atoms with Crippen molar-refractivity contribution in [2.45, 2.75) is 30.0 Å². The molecule has 1 unspecified atom stereocenters. The van der Waals surface area contributed by atoms with Crippen LogP contribution in [0.25, 0.3) is 0 Å². The van der Waals surface area contributed by atoms with Gasteiger partial charge in [-0.3, -0.25) is 0 Å². The van der Waals surface area contributed by atoms with E-state index < -0.39 is 0 Å². The van der Waals surface area contributed by atoms with Crippen LogP contribution >= 0.6 is 0 Å². The molecule has 0 N–H and O–H groups in total. The summed E-state index contributed by atoms with van der Waals surface area (Å²) in [7, 11) is 0. The number of hydrogen-bond acceptors (Lipinski definition) is 1. The highest BCUT2D eigenvalue weighted by molar-refractivity contribution is 6.35. The number of hydrogen-bond donors (Lipinski definition) is 0. The van der Waals surface area contributed by atoms with Crippen molar-refractivity contribution in [2.24, 2.45) is 0 Å². The zero-order chi connectivity index (χ0) is 5.82. The lowest BCUT2D eigenvalue weighted by atomic mass is 10.2. The van der Waals surface area contributed by atoms with Crippen LogP contribution in [0.4, 0.5) is 0 Å². The summed E-state index contributed by atoms with van der Waals surface area (Å²) in [4.78, 5) is 0.726. The Morgan fingerprint density at radius 1 is 1.50 bits per heavy atom. The molecule has 0 amide bonds. The highest BCUT2D eigenvalue weighted by atomic mass is 27.1. The molecule has 1 saturated heterocycles. The molecular formula is C6H13AlO. The molecule has 1 aliphatic rings. The van der Waals surface area contributed by atoms with E-state index in [4.69, 9.17) is 4.74 Å². The first-order chi connectivity index (χ1) is 3.93.